The van der Waals surface area contributed by atoms with Crippen molar-refractivity contribution in [1.29, 1.82) is 0 Å². The lowest BCUT2D eigenvalue weighted by atomic mass is 9.82. The van der Waals surface area contributed by atoms with Gasteiger partial charge in [0.2, 0.25) is 0 Å². The van der Waals surface area contributed by atoms with E-state index in [4.69, 9.17) is 0 Å². The van der Waals surface area contributed by atoms with Crippen LogP contribution in [-0.2, 0) is 6.54 Å². The summed E-state index contributed by atoms with van der Waals surface area (Å²) in [6, 6.07) is 5.52. The van der Waals surface area contributed by atoms with Crippen LogP contribution < -0.4 is 0 Å². The Bertz CT molecular complexity index is 424. The molecule has 3 nitrogen and oxygen atoms in total. The Morgan fingerprint density at radius 1 is 1.44 bits per heavy atom. The van der Waals surface area contributed by atoms with E-state index >= 15 is 0 Å². The van der Waals surface area contributed by atoms with Crippen LogP contribution in [0.25, 0.3) is 0 Å². The van der Waals surface area contributed by atoms with Crippen molar-refractivity contribution in [3.8, 4) is 5.75 Å². The summed E-state index contributed by atoms with van der Waals surface area (Å²) >= 11 is 3.43. The summed E-state index contributed by atoms with van der Waals surface area (Å²) in [5.41, 5.74) is 0.937. The standard InChI is InChI=1S/C14H20BrNO2/c1-14(10-17)5-2-6-16(9-14)8-11-7-12(15)3-4-13(11)18/h3-4,7,17-18H,2,5-6,8-10H2,1H3. The second-order valence-electron chi connectivity index (χ2n) is 5.56. The summed E-state index contributed by atoms with van der Waals surface area (Å²) in [4.78, 5) is 2.31. The predicted octanol–water partition coefficient (Wildman–Crippen LogP) is 2.75. The summed E-state index contributed by atoms with van der Waals surface area (Å²) in [7, 11) is 0. The van der Waals surface area contributed by atoms with Crippen LogP contribution in [0.15, 0.2) is 22.7 Å². The molecular weight excluding hydrogens is 294 g/mol. The van der Waals surface area contributed by atoms with Crippen LogP contribution >= 0.6 is 15.9 Å². The first-order valence-electron chi connectivity index (χ1n) is 6.33. The van der Waals surface area contributed by atoms with Gasteiger partial charge in [-0.3, -0.25) is 4.90 Å². The lowest BCUT2D eigenvalue weighted by molar-refractivity contribution is 0.0426. The fourth-order valence-electron chi connectivity index (χ4n) is 2.61. The lowest BCUT2D eigenvalue weighted by Crippen LogP contribution is -2.43. The topological polar surface area (TPSA) is 43.7 Å². The van der Waals surface area contributed by atoms with E-state index in [2.05, 4.69) is 27.8 Å². The van der Waals surface area contributed by atoms with Crippen molar-refractivity contribution in [3.05, 3.63) is 28.2 Å². The van der Waals surface area contributed by atoms with Crippen LogP contribution in [0.3, 0.4) is 0 Å². The van der Waals surface area contributed by atoms with Gasteiger partial charge in [0.25, 0.3) is 0 Å². The zero-order valence-corrected chi connectivity index (χ0v) is 12.3. The number of nitrogens with zero attached hydrogens (tertiary/aromatic N) is 1. The van der Waals surface area contributed by atoms with E-state index in [9.17, 15) is 10.2 Å². The summed E-state index contributed by atoms with van der Waals surface area (Å²) in [6.07, 6.45) is 2.18. The Kier molecular flexibility index (Phi) is 4.30. The van der Waals surface area contributed by atoms with Crippen molar-refractivity contribution < 1.29 is 10.2 Å². The lowest BCUT2D eigenvalue weighted by Gasteiger charge is -2.39. The van der Waals surface area contributed by atoms with Gasteiger partial charge in [-0.05, 0) is 37.6 Å². The minimum absolute atomic E-state index is 0.000118. The Morgan fingerprint density at radius 2 is 2.22 bits per heavy atom. The maximum Gasteiger partial charge on any atom is 0.120 e. The average Bonchev–Trinajstić information content (AvgIpc) is 2.34. The van der Waals surface area contributed by atoms with Crippen molar-refractivity contribution in [2.45, 2.75) is 26.3 Å². The van der Waals surface area contributed by atoms with Crippen LogP contribution in [0.4, 0.5) is 0 Å². The number of halogens is 1. The molecule has 0 radical (unpaired) electrons. The van der Waals surface area contributed by atoms with Gasteiger partial charge in [-0.15, -0.1) is 0 Å². The molecule has 4 heteroatoms. The Morgan fingerprint density at radius 3 is 2.94 bits per heavy atom. The van der Waals surface area contributed by atoms with Crippen molar-refractivity contribution in [3.63, 3.8) is 0 Å². The second-order valence-corrected chi connectivity index (χ2v) is 6.47. The Balaban J connectivity index is 2.07. The number of aliphatic hydroxyl groups is 1. The number of hydrogen-bond donors (Lipinski definition) is 2. The molecule has 1 fully saturated rings. The second kappa shape index (κ2) is 5.59. The van der Waals surface area contributed by atoms with Gasteiger partial charge < -0.3 is 10.2 Å². The van der Waals surface area contributed by atoms with E-state index in [1.165, 1.54) is 0 Å². The first-order valence-corrected chi connectivity index (χ1v) is 7.12. The predicted molar refractivity (Wildman–Crippen MR) is 75.5 cm³/mol. The molecule has 2 N–H and O–H groups in total. The van der Waals surface area contributed by atoms with E-state index in [-0.39, 0.29) is 12.0 Å². The van der Waals surface area contributed by atoms with E-state index in [0.29, 0.717) is 5.75 Å². The number of likely N-dealkylation sites (tertiary alicyclic amines) is 1. The van der Waals surface area contributed by atoms with Crippen molar-refractivity contribution in [1.82, 2.24) is 4.90 Å². The van der Waals surface area contributed by atoms with Gasteiger partial charge in [0.05, 0.1) is 0 Å². The molecule has 0 spiro atoms. The number of aliphatic hydroxyl groups excluding tert-OH is 1. The molecule has 0 bridgehead atoms. The number of phenols is 1. The van der Waals surface area contributed by atoms with E-state index in [0.717, 1.165) is 42.5 Å². The average molecular weight is 314 g/mol. The largest absolute Gasteiger partial charge is 0.508 e. The number of piperidine rings is 1. The summed E-state index contributed by atoms with van der Waals surface area (Å²) in [5.74, 6) is 0.342. The third kappa shape index (κ3) is 3.25. The van der Waals surface area contributed by atoms with Gasteiger partial charge in [-0.25, -0.2) is 0 Å². The van der Waals surface area contributed by atoms with E-state index in [1.807, 2.05) is 12.1 Å². The minimum Gasteiger partial charge on any atom is -0.508 e. The van der Waals surface area contributed by atoms with Gasteiger partial charge in [0, 0.05) is 35.1 Å². The summed E-state index contributed by atoms with van der Waals surface area (Å²) in [5, 5.41) is 19.3. The zero-order chi connectivity index (χ0) is 13.2. The maximum absolute atomic E-state index is 9.86. The van der Waals surface area contributed by atoms with Gasteiger partial charge >= 0.3 is 0 Å². The number of rotatable bonds is 3. The van der Waals surface area contributed by atoms with Gasteiger partial charge in [0.1, 0.15) is 5.75 Å². The molecule has 0 amide bonds. The molecule has 0 aromatic heterocycles. The number of phenolic OH excluding ortho intramolecular Hbond substituents is 1. The SMILES string of the molecule is CC1(CO)CCCN(Cc2cc(Br)ccc2O)C1. The highest BCUT2D eigenvalue weighted by atomic mass is 79.9. The fraction of sp³-hybridized carbons (Fsp3) is 0.571. The van der Waals surface area contributed by atoms with Crippen LogP contribution in [-0.4, -0.2) is 34.8 Å². The third-order valence-electron chi connectivity index (χ3n) is 3.68. The maximum atomic E-state index is 9.86. The first kappa shape index (κ1) is 13.8. The Labute approximate surface area is 117 Å². The number of aromatic hydroxyl groups is 1. The van der Waals surface area contributed by atoms with Crippen LogP contribution in [0, 0.1) is 5.41 Å². The van der Waals surface area contributed by atoms with E-state index < -0.39 is 0 Å². The molecule has 1 aromatic carbocycles. The van der Waals surface area contributed by atoms with Crippen LogP contribution in [0.1, 0.15) is 25.3 Å². The number of benzene rings is 1. The molecule has 1 aliphatic heterocycles. The normalized spacial score (nSPS) is 25.3. The van der Waals surface area contributed by atoms with Crippen molar-refractivity contribution in [2.24, 2.45) is 5.41 Å². The van der Waals surface area contributed by atoms with Gasteiger partial charge in [0.15, 0.2) is 0 Å². The van der Waals surface area contributed by atoms with E-state index in [1.54, 1.807) is 6.07 Å². The molecule has 18 heavy (non-hydrogen) atoms. The van der Waals surface area contributed by atoms with Crippen LogP contribution in [0.5, 0.6) is 5.75 Å². The molecule has 1 aliphatic rings. The third-order valence-corrected chi connectivity index (χ3v) is 4.17. The molecule has 1 saturated heterocycles. The molecule has 2 rings (SSSR count). The monoisotopic (exact) mass is 313 g/mol. The molecule has 100 valence electrons. The summed E-state index contributed by atoms with van der Waals surface area (Å²) < 4.78 is 0.984. The molecule has 1 aromatic rings. The van der Waals surface area contributed by atoms with Gasteiger partial charge in [-0.1, -0.05) is 22.9 Å². The minimum atomic E-state index is -0.000118. The molecule has 1 atom stereocenters. The first-order chi connectivity index (χ1) is 8.52. The zero-order valence-electron chi connectivity index (χ0n) is 10.7. The highest BCUT2D eigenvalue weighted by molar-refractivity contribution is 9.10. The van der Waals surface area contributed by atoms with Crippen LogP contribution in [0.2, 0.25) is 0 Å². The molecule has 0 saturated carbocycles. The molecule has 0 aliphatic carbocycles. The fourth-order valence-corrected chi connectivity index (χ4v) is 3.02. The highest BCUT2D eigenvalue weighted by Crippen LogP contribution is 2.31. The molecule has 1 unspecified atom stereocenters. The highest BCUT2D eigenvalue weighted by Gasteiger charge is 2.30. The molecule has 1 heterocycles. The molecular formula is C14H20BrNO2. The number of hydrogen-bond acceptors (Lipinski definition) is 3. The Hall–Kier alpha value is -0.580. The van der Waals surface area contributed by atoms with Gasteiger partial charge in [-0.2, -0.15) is 0 Å². The quantitative estimate of drug-likeness (QED) is 0.902. The van der Waals surface area contributed by atoms with Crippen molar-refractivity contribution >= 4 is 15.9 Å². The van der Waals surface area contributed by atoms with Crippen molar-refractivity contribution in [2.75, 3.05) is 19.7 Å². The summed E-state index contributed by atoms with van der Waals surface area (Å²) in [6.45, 7) is 5.01. The smallest absolute Gasteiger partial charge is 0.120 e.